The SMILES string of the molecule is Cc1cc(C(=O)NCC(O)c2ccc(OC(F)F)cc2)nn1C. The topological polar surface area (TPSA) is 76.4 Å². The number of aromatic nitrogens is 2. The molecule has 1 amide bonds. The van der Waals surface area contributed by atoms with E-state index in [4.69, 9.17) is 0 Å². The number of benzene rings is 1. The summed E-state index contributed by atoms with van der Waals surface area (Å²) < 4.78 is 29.9. The number of aliphatic hydroxyl groups is 1. The van der Waals surface area contributed by atoms with Crippen molar-refractivity contribution in [3.05, 3.63) is 47.3 Å². The third-order valence-corrected chi connectivity index (χ3v) is 3.29. The van der Waals surface area contributed by atoms with Gasteiger partial charge >= 0.3 is 6.61 Å². The Bertz CT molecular complexity index is 652. The number of carbonyl (C=O) groups excluding carboxylic acids is 1. The Morgan fingerprint density at radius 3 is 2.57 bits per heavy atom. The van der Waals surface area contributed by atoms with E-state index in [0.717, 1.165) is 5.69 Å². The standard InChI is InChI=1S/C15H17F2N3O3/c1-9-7-12(19-20(9)2)14(22)18-8-13(21)10-3-5-11(6-4-10)23-15(16)17/h3-7,13,15,21H,8H2,1-2H3,(H,18,22). The van der Waals surface area contributed by atoms with Gasteiger partial charge in [-0.15, -0.1) is 0 Å². The summed E-state index contributed by atoms with van der Waals surface area (Å²) in [4.78, 5) is 11.9. The largest absolute Gasteiger partial charge is 0.435 e. The van der Waals surface area contributed by atoms with Crippen molar-refractivity contribution in [2.24, 2.45) is 7.05 Å². The Kier molecular flexibility index (Phi) is 5.28. The Morgan fingerprint density at radius 2 is 2.04 bits per heavy atom. The van der Waals surface area contributed by atoms with Gasteiger partial charge in [0.2, 0.25) is 0 Å². The second-order valence-corrected chi connectivity index (χ2v) is 4.97. The molecule has 0 saturated heterocycles. The van der Waals surface area contributed by atoms with Crippen LogP contribution in [0.5, 0.6) is 5.75 Å². The first kappa shape index (κ1) is 16.9. The van der Waals surface area contributed by atoms with Crippen LogP contribution < -0.4 is 10.1 Å². The van der Waals surface area contributed by atoms with Crippen molar-refractivity contribution >= 4 is 5.91 Å². The van der Waals surface area contributed by atoms with Gasteiger partial charge in [-0.1, -0.05) is 12.1 Å². The minimum atomic E-state index is -2.90. The number of rotatable bonds is 6. The van der Waals surface area contributed by atoms with Crippen LogP contribution in [-0.4, -0.2) is 34.0 Å². The zero-order chi connectivity index (χ0) is 17.0. The number of ether oxygens (including phenoxy) is 1. The number of nitrogens with zero attached hydrogens (tertiary/aromatic N) is 2. The second-order valence-electron chi connectivity index (χ2n) is 4.97. The zero-order valence-corrected chi connectivity index (χ0v) is 12.7. The number of aliphatic hydroxyl groups excluding tert-OH is 1. The highest BCUT2D eigenvalue weighted by atomic mass is 19.3. The van der Waals surface area contributed by atoms with E-state index in [1.165, 1.54) is 24.3 Å². The summed E-state index contributed by atoms with van der Waals surface area (Å²) in [6, 6.07) is 7.21. The molecular formula is C15H17F2N3O3. The molecule has 8 heteroatoms. The van der Waals surface area contributed by atoms with Crippen LogP contribution >= 0.6 is 0 Å². The van der Waals surface area contributed by atoms with Crippen molar-refractivity contribution < 1.29 is 23.4 Å². The first-order chi connectivity index (χ1) is 10.9. The van der Waals surface area contributed by atoms with Crippen LogP contribution in [0.4, 0.5) is 8.78 Å². The van der Waals surface area contributed by atoms with Crippen LogP contribution in [0.1, 0.15) is 27.8 Å². The molecule has 0 fully saturated rings. The van der Waals surface area contributed by atoms with Crippen molar-refractivity contribution in [1.29, 1.82) is 0 Å². The molecule has 1 heterocycles. The van der Waals surface area contributed by atoms with Crippen molar-refractivity contribution in [3.63, 3.8) is 0 Å². The fourth-order valence-corrected chi connectivity index (χ4v) is 1.94. The number of hydrogen-bond acceptors (Lipinski definition) is 4. The Hall–Kier alpha value is -2.48. The molecule has 0 radical (unpaired) electrons. The Labute approximate surface area is 131 Å². The van der Waals surface area contributed by atoms with Crippen LogP contribution in [-0.2, 0) is 7.05 Å². The molecule has 2 rings (SSSR count). The molecule has 0 aliphatic rings. The molecule has 0 aliphatic carbocycles. The molecule has 124 valence electrons. The number of hydrogen-bond donors (Lipinski definition) is 2. The van der Waals surface area contributed by atoms with Crippen molar-refractivity contribution in [1.82, 2.24) is 15.1 Å². The molecule has 0 spiro atoms. The molecule has 1 atom stereocenters. The molecule has 1 aromatic heterocycles. The monoisotopic (exact) mass is 325 g/mol. The van der Waals surface area contributed by atoms with E-state index < -0.39 is 18.6 Å². The summed E-state index contributed by atoms with van der Waals surface area (Å²) in [5, 5.41) is 16.6. The summed E-state index contributed by atoms with van der Waals surface area (Å²) in [7, 11) is 1.73. The van der Waals surface area contributed by atoms with E-state index in [1.807, 2.05) is 6.92 Å². The Morgan fingerprint density at radius 1 is 1.39 bits per heavy atom. The first-order valence-electron chi connectivity index (χ1n) is 6.88. The van der Waals surface area contributed by atoms with Crippen molar-refractivity contribution in [2.75, 3.05) is 6.54 Å². The summed E-state index contributed by atoms with van der Waals surface area (Å²) in [6.07, 6.45) is -0.968. The van der Waals surface area contributed by atoms with Crippen LogP contribution in [0.15, 0.2) is 30.3 Å². The van der Waals surface area contributed by atoms with Crippen LogP contribution in [0.3, 0.4) is 0 Å². The van der Waals surface area contributed by atoms with Gasteiger partial charge < -0.3 is 15.2 Å². The first-order valence-corrected chi connectivity index (χ1v) is 6.88. The molecule has 0 bridgehead atoms. The molecule has 1 unspecified atom stereocenters. The predicted octanol–water partition coefficient (Wildman–Crippen LogP) is 1.79. The lowest BCUT2D eigenvalue weighted by molar-refractivity contribution is -0.0498. The van der Waals surface area contributed by atoms with E-state index >= 15 is 0 Å². The third kappa shape index (κ3) is 4.49. The van der Waals surface area contributed by atoms with Crippen LogP contribution in [0.2, 0.25) is 0 Å². The number of carbonyl (C=O) groups is 1. The molecule has 1 aromatic carbocycles. The summed E-state index contributed by atoms with van der Waals surface area (Å²) in [6.45, 7) is -1.10. The second kappa shape index (κ2) is 7.19. The maximum Gasteiger partial charge on any atom is 0.387 e. The van der Waals surface area contributed by atoms with Gasteiger partial charge in [0.15, 0.2) is 0 Å². The molecule has 2 aromatic rings. The van der Waals surface area contributed by atoms with Crippen molar-refractivity contribution in [2.45, 2.75) is 19.6 Å². The van der Waals surface area contributed by atoms with E-state index in [9.17, 15) is 18.7 Å². The third-order valence-electron chi connectivity index (χ3n) is 3.29. The van der Waals surface area contributed by atoms with Gasteiger partial charge in [0, 0.05) is 19.3 Å². The van der Waals surface area contributed by atoms with Gasteiger partial charge in [-0.2, -0.15) is 13.9 Å². The fourth-order valence-electron chi connectivity index (χ4n) is 1.94. The zero-order valence-electron chi connectivity index (χ0n) is 12.7. The maximum atomic E-state index is 12.1. The average Bonchev–Trinajstić information content (AvgIpc) is 2.84. The lowest BCUT2D eigenvalue weighted by Gasteiger charge is -2.12. The normalized spacial score (nSPS) is 12.3. The highest BCUT2D eigenvalue weighted by Gasteiger charge is 2.14. The molecule has 23 heavy (non-hydrogen) atoms. The fraction of sp³-hybridized carbons (Fsp3) is 0.333. The van der Waals surface area contributed by atoms with Gasteiger partial charge in [-0.25, -0.2) is 0 Å². The van der Waals surface area contributed by atoms with Gasteiger partial charge in [-0.3, -0.25) is 9.48 Å². The van der Waals surface area contributed by atoms with Crippen LogP contribution in [0, 0.1) is 6.92 Å². The van der Waals surface area contributed by atoms with Gasteiger partial charge in [0.05, 0.1) is 6.10 Å². The van der Waals surface area contributed by atoms with Gasteiger partial charge in [-0.05, 0) is 30.7 Å². The van der Waals surface area contributed by atoms with Gasteiger partial charge in [0.25, 0.3) is 5.91 Å². The average molecular weight is 325 g/mol. The maximum absolute atomic E-state index is 12.1. The van der Waals surface area contributed by atoms with Gasteiger partial charge in [0.1, 0.15) is 11.4 Å². The number of alkyl halides is 2. The number of aryl methyl sites for hydroxylation is 2. The lowest BCUT2D eigenvalue weighted by Crippen LogP contribution is -2.28. The molecular weight excluding hydrogens is 308 g/mol. The minimum Gasteiger partial charge on any atom is -0.435 e. The molecule has 0 saturated carbocycles. The van der Waals surface area contributed by atoms with E-state index in [0.29, 0.717) is 5.56 Å². The minimum absolute atomic E-state index is 0.00365. The van der Waals surface area contributed by atoms with E-state index in [2.05, 4.69) is 15.2 Å². The number of nitrogens with one attached hydrogen (secondary N) is 1. The van der Waals surface area contributed by atoms with E-state index in [-0.39, 0.29) is 18.0 Å². The Balaban J connectivity index is 1.91. The lowest BCUT2D eigenvalue weighted by atomic mass is 10.1. The molecule has 6 nitrogen and oxygen atoms in total. The van der Waals surface area contributed by atoms with E-state index in [1.54, 1.807) is 17.8 Å². The van der Waals surface area contributed by atoms with Crippen LogP contribution in [0.25, 0.3) is 0 Å². The number of halogens is 2. The number of amides is 1. The summed E-state index contributed by atoms with van der Waals surface area (Å²) >= 11 is 0. The highest BCUT2D eigenvalue weighted by molar-refractivity contribution is 5.92. The smallest absolute Gasteiger partial charge is 0.387 e. The quantitative estimate of drug-likeness (QED) is 0.849. The molecule has 0 aliphatic heterocycles. The highest BCUT2D eigenvalue weighted by Crippen LogP contribution is 2.19. The summed E-state index contributed by atoms with van der Waals surface area (Å²) in [5.41, 5.74) is 1.58. The van der Waals surface area contributed by atoms with Crippen molar-refractivity contribution in [3.8, 4) is 5.75 Å². The summed E-state index contributed by atoms with van der Waals surface area (Å²) in [5.74, 6) is -0.394. The predicted molar refractivity (Wildman–Crippen MR) is 78.3 cm³/mol. The molecule has 2 N–H and O–H groups in total.